The van der Waals surface area contributed by atoms with E-state index in [1.807, 2.05) is 20.0 Å². The first-order valence-electron chi connectivity index (χ1n) is 3.65. The third-order valence-electron chi connectivity index (χ3n) is 1.76. The summed E-state index contributed by atoms with van der Waals surface area (Å²) >= 11 is -1.08. The minimum absolute atomic E-state index is 1.08. The molecule has 1 aromatic rings. The molecule has 1 aromatic carbocycles. The van der Waals surface area contributed by atoms with E-state index in [4.69, 9.17) is 9.95 Å². The van der Waals surface area contributed by atoms with Crippen molar-refractivity contribution < 1.29 is 0 Å². The van der Waals surface area contributed by atoms with Crippen molar-refractivity contribution in [1.29, 1.82) is 0 Å². The normalized spacial score (nSPS) is 18.4. The molecule has 0 amide bonds. The quantitative estimate of drug-likeness (QED) is 0.667. The number of fused-ring (bicyclic) bond motifs is 1. The van der Waals surface area contributed by atoms with Crippen molar-refractivity contribution in [2.45, 2.75) is 11.5 Å². The molecule has 12 heavy (non-hydrogen) atoms. The topological polar surface area (TPSA) is 0 Å². The van der Waals surface area contributed by atoms with Gasteiger partial charge in [-0.3, -0.25) is 0 Å². The fourth-order valence-corrected chi connectivity index (χ4v) is 10.1. The summed E-state index contributed by atoms with van der Waals surface area (Å²) in [6, 6.07) is 8.66. The SMILES string of the molecule is Cl[As]1SCc2ccccc2CS1. The van der Waals surface area contributed by atoms with Gasteiger partial charge in [0.25, 0.3) is 0 Å². The Morgan fingerprint density at radius 2 is 1.58 bits per heavy atom. The van der Waals surface area contributed by atoms with E-state index >= 15 is 0 Å². The number of halogens is 1. The van der Waals surface area contributed by atoms with Gasteiger partial charge in [-0.1, -0.05) is 0 Å². The molecular formula is C8H8AsClS2. The van der Waals surface area contributed by atoms with E-state index < -0.39 is 11.4 Å². The molecule has 0 saturated heterocycles. The summed E-state index contributed by atoms with van der Waals surface area (Å²) in [6.07, 6.45) is 0. The van der Waals surface area contributed by atoms with E-state index in [1.54, 1.807) is 0 Å². The van der Waals surface area contributed by atoms with E-state index in [0.717, 1.165) is 11.5 Å². The van der Waals surface area contributed by atoms with Crippen LogP contribution in [0.2, 0.25) is 0 Å². The molecule has 0 nitrogen and oxygen atoms in total. The predicted molar refractivity (Wildman–Crippen MR) is 60.6 cm³/mol. The van der Waals surface area contributed by atoms with Gasteiger partial charge in [-0.15, -0.1) is 0 Å². The summed E-state index contributed by atoms with van der Waals surface area (Å²) in [5, 5.41) is 0. The second-order valence-corrected chi connectivity index (χ2v) is 16.6. The van der Waals surface area contributed by atoms with Crippen molar-refractivity contribution in [3.05, 3.63) is 35.4 Å². The molecule has 0 aliphatic carbocycles. The van der Waals surface area contributed by atoms with Crippen LogP contribution in [-0.4, -0.2) is 11.4 Å². The molecule has 0 radical (unpaired) electrons. The molecule has 0 N–H and O–H groups in total. The van der Waals surface area contributed by atoms with Crippen molar-refractivity contribution in [1.82, 2.24) is 0 Å². The van der Waals surface area contributed by atoms with Crippen LogP contribution in [0.5, 0.6) is 0 Å². The molecule has 0 bridgehead atoms. The van der Waals surface area contributed by atoms with Crippen LogP contribution in [-0.2, 0) is 11.5 Å². The Kier molecular flexibility index (Phi) is 3.36. The standard InChI is InChI=1S/C8H8AsClS2/c10-9-11-5-7-3-1-2-4-8(7)6-12-9/h1-4H,5-6H2. The monoisotopic (exact) mass is 278 g/mol. The van der Waals surface area contributed by atoms with Gasteiger partial charge < -0.3 is 0 Å². The number of rotatable bonds is 0. The third-order valence-corrected chi connectivity index (χ3v) is 13.6. The van der Waals surface area contributed by atoms with E-state index in [1.165, 1.54) is 11.1 Å². The maximum atomic E-state index is 6.18. The molecule has 2 rings (SSSR count). The van der Waals surface area contributed by atoms with Gasteiger partial charge in [0.1, 0.15) is 0 Å². The number of hydrogen-bond donors (Lipinski definition) is 0. The van der Waals surface area contributed by atoms with Crippen molar-refractivity contribution in [3.63, 3.8) is 0 Å². The van der Waals surface area contributed by atoms with Crippen LogP contribution >= 0.6 is 30.0 Å². The molecule has 0 atom stereocenters. The van der Waals surface area contributed by atoms with Gasteiger partial charge in [0.2, 0.25) is 0 Å². The Balaban J connectivity index is 2.26. The first kappa shape index (κ1) is 9.33. The average molecular weight is 279 g/mol. The Hall–Kier alpha value is 0.768. The molecule has 0 spiro atoms. The summed E-state index contributed by atoms with van der Waals surface area (Å²) in [5.74, 6) is 2.24. The molecule has 1 aliphatic heterocycles. The molecule has 0 aromatic heterocycles. The summed E-state index contributed by atoms with van der Waals surface area (Å²) in [6.45, 7) is 0. The summed E-state index contributed by atoms with van der Waals surface area (Å²) < 4.78 is 0. The molecule has 4 heteroatoms. The molecular weight excluding hydrogens is 271 g/mol. The van der Waals surface area contributed by atoms with E-state index in [0.29, 0.717) is 0 Å². The second kappa shape index (κ2) is 4.32. The van der Waals surface area contributed by atoms with Crippen LogP contribution in [0.1, 0.15) is 11.1 Å². The van der Waals surface area contributed by atoms with Crippen molar-refractivity contribution in [2.24, 2.45) is 0 Å². The Bertz CT molecular complexity index is 253. The third kappa shape index (κ3) is 2.17. The molecule has 0 unspecified atom stereocenters. The minimum atomic E-state index is -1.08. The van der Waals surface area contributed by atoms with Gasteiger partial charge in [-0.25, -0.2) is 0 Å². The van der Waals surface area contributed by atoms with Crippen LogP contribution in [0.15, 0.2) is 24.3 Å². The maximum absolute atomic E-state index is 6.18. The summed E-state index contributed by atoms with van der Waals surface area (Å²) in [4.78, 5) is 0. The summed E-state index contributed by atoms with van der Waals surface area (Å²) in [7, 11) is 10.1. The van der Waals surface area contributed by atoms with Gasteiger partial charge >= 0.3 is 88.3 Å². The van der Waals surface area contributed by atoms with Crippen LogP contribution in [0.4, 0.5) is 0 Å². The fourth-order valence-electron chi connectivity index (χ4n) is 1.12. The molecule has 1 aliphatic rings. The van der Waals surface area contributed by atoms with E-state index in [2.05, 4.69) is 24.3 Å². The second-order valence-electron chi connectivity index (χ2n) is 2.53. The van der Waals surface area contributed by atoms with Crippen molar-refractivity contribution >= 4 is 41.4 Å². The van der Waals surface area contributed by atoms with Crippen LogP contribution in [0, 0.1) is 0 Å². The van der Waals surface area contributed by atoms with E-state index in [9.17, 15) is 0 Å². The zero-order valence-electron chi connectivity index (χ0n) is 6.37. The fraction of sp³-hybridized carbons (Fsp3) is 0.250. The molecule has 64 valence electrons. The summed E-state index contributed by atoms with van der Waals surface area (Å²) in [5.41, 5.74) is 2.96. The molecule has 0 saturated carbocycles. The number of benzene rings is 1. The van der Waals surface area contributed by atoms with Gasteiger partial charge in [-0.05, 0) is 0 Å². The van der Waals surface area contributed by atoms with Gasteiger partial charge in [-0.2, -0.15) is 0 Å². The van der Waals surface area contributed by atoms with Crippen molar-refractivity contribution in [2.75, 3.05) is 0 Å². The van der Waals surface area contributed by atoms with E-state index in [-0.39, 0.29) is 0 Å². The van der Waals surface area contributed by atoms with Crippen LogP contribution in [0.25, 0.3) is 0 Å². The van der Waals surface area contributed by atoms with Gasteiger partial charge in [0.05, 0.1) is 0 Å². The Labute approximate surface area is 87.8 Å². The first-order valence-corrected chi connectivity index (χ1v) is 12.6. The zero-order chi connectivity index (χ0) is 8.39. The Morgan fingerprint density at radius 1 is 1.08 bits per heavy atom. The average Bonchev–Trinajstić information content (AvgIpc) is 2.29. The molecule has 0 fully saturated rings. The Morgan fingerprint density at radius 3 is 2.08 bits per heavy atom. The van der Waals surface area contributed by atoms with Crippen LogP contribution in [0.3, 0.4) is 0 Å². The van der Waals surface area contributed by atoms with Crippen LogP contribution < -0.4 is 0 Å². The first-order chi connectivity index (χ1) is 5.86. The van der Waals surface area contributed by atoms with Gasteiger partial charge in [0.15, 0.2) is 0 Å². The predicted octanol–water partition coefficient (Wildman–Crippen LogP) is 3.39. The number of hydrogen-bond acceptors (Lipinski definition) is 2. The van der Waals surface area contributed by atoms with Gasteiger partial charge in [0, 0.05) is 0 Å². The zero-order valence-corrected chi connectivity index (χ0v) is 10.6. The molecule has 1 heterocycles. The van der Waals surface area contributed by atoms with Crippen molar-refractivity contribution in [3.8, 4) is 0 Å².